The third-order valence-electron chi connectivity index (χ3n) is 4.44. The first-order valence-corrected chi connectivity index (χ1v) is 10.2. The van der Waals surface area contributed by atoms with Gasteiger partial charge < -0.3 is 4.74 Å². The summed E-state index contributed by atoms with van der Waals surface area (Å²) in [5.74, 6) is 0.306. The Kier molecular flexibility index (Phi) is 5.89. The number of hydrogen-bond donors (Lipinski definition) is 0. The zero-order valence-corrected chi connectivity index (χ0v) is 15.9. The predicted molar refractivity (Wildman–Crippen MR) is 103 cm³/mol. The Bertz CT molecular complexity index is 955. The van der Waals surface area contributed by atoms with Crippen LogP contribution in [0.4, 0.5) is 0 Å². The molecule has 0 aliphatic carbocycles. The maximum absolute atomic E-state index is 12.5. The summed E-state index contributed by atoms with van der Waals surface area (Å²) in [7, 11) is -3.47. The van der Waals surface area contributed by atoms with E-state index >= 15 is 0 Å². The van der Waals surface area contributed by atoms with Crippen LogP contribution in [-0.4, -0.2) is 36.9 Å². The molecule has 3 rings (SSSR count). The van der Waals surface area contributed by atoms with E-state index in [0.717, 1.165) is 11.1 Å². The lowest BCUT2D eigenvalue weighted by molar-refractivity contribution is 0.130. The molecule has 0 radical (unpaired) electrons. The van der Waals surface area contributed by atoms with Crippen molar-refractivity contribution in [3.63, 3.8) is 0 Å². The van der Waals surface area contributed by atoms with E-state index in [-0.39, 0.29) is 6.10 Å². The average Bonchev–Trinajstić information content (AvgIpc) is 2.68. The molecule has 6 nitrogen and oxygen atoms in total. The maximum Gasteiger partial charge on any atom is 0.236 e. The first-order valence-electron chi connectivity index (χ1n) is 8.74. The summed E-state index contributed by atoms with van der Waals surface area (Å²) in [5.41, 5.74) is 2.36. The highest BCUT2D eigenvalue weighted by Gasteiger charge is 2.27. The van der Waals surface area contributed by atoms with Crippen molar-refractivity contribution in [3.05, 3.63) is 64.7 Å². The minimum atomic E-state index is -3.47. The normalized spacial score (nSPS) is 16.3. The van der Waals surface area contributed by atoms with Gasteiger partial charge in [0.1, 0.15) is 17.7 Å². The molecule has 7 heteroatoms. The molecule has 140 valence electrons. The van der Waals surface area contributed by atoms with Crippen LogP contribution in [0.2, 0.25) is 0 Å². The number of aromatic nitrogens is 1. The van der Waals surface area contributed by atoms with E-state index in [1.807, 2.05) is 31.2 Å². The number of rotatable bonds is 5. The molecule has 0 amide bonds. The van der Waals surface area contributed by atoms with E-state index in [1.54, 1.807) is 24.4 Å². The molecule has 2 heterocycles. The lowest BCUT2D eigenvalue weighted by Crippen LogP contribution is -2.41. The summed E-state index contributed by atoms with van der Waals surface area (Å²) in [6.07, 6.45) is 4.15. The van der Waals surface area contributed by atoms with Crippen LogP contribution >= 0.6 is 0 Å². The van der Waals surface area contributed by atoms with E-state index in [2.05, 4.69) is 11.1 Å². The fourth-order valence-corrected chi connectivity index (χ4v) is 4.08. The molecule has 0 N–H and O–H groups in total. The van der Waals surface area contributed by atoms with Gasteiger partial charge in [0.15, 0.2) is 0 Å². The van der Waals surface area contributed by atoms with Crippen LogP contribution in [0, 0.1) is 18.3 Å². The van der Waals surface area contributed by atoms with Crippen molar-refractivity contribution >= 4 is 16.1 Å². The van der Waals surface area contributed by atoms with E-state index < -0.39 is 10.0 Å². The van der Waals surface area contributed by atoms with Crippen molar-refractivity contribution in [1.82, 2.24) is 9.29 Å². The molecule has 2 aromatic rings. The fraction of sp³-hybridized carbons (Fsp3) is 0.300. The Morgan fingerprint density at radius 2 is 1.93 bits per heavy atom. The second-order valence-electron chi connectivity index (χ2n) is 6.44. The number of nitriles is 1. The number of sulfonamides is 1. The third-order valence-corrected chi connectivity index (χ3v) is 6.01. The molecule has 0 unspecified atom stereocenters. The molecule has 0 bridgehead atoms. The summed E-state index contributed by atoms with van der Waals surface area (Å²) in [4.78, 5) is 4.09. The summed E-state index contributed by atoms with van der Waals surface area (Å²) in [6.45, 7) is 2.74. The molecule has 27 heavy (non-hydrogen) atoms. The number of ether oxygens (including phenoxy) is 1. The molecule has 1 aromatic carbocycles. The van der Waals surface area contributed by atoms with Gasteiger partial charge in [-0.2, -0.15) is 9.57 Å². The topological polar surface area (TPSA) is 83.3 Å². The van der Waals surface area contributed by atoms with Crippen molar-refractivity contribution in [3.8, 4) is 11.9 Å². The summed E-state index contributed by atoms with van der Waals surface area (Å²) >= 11 is 0. The van der Waals surface area contributed by atoms with Crippen molar-refractivity contribution in [2.75, 3.05) is 13.1 Å². The second kappa shape index (κ2) is 8.33. The monoisotopic (exact) mass is 383 g/mol. The van der Waals surface area contributed by atoms with E-state index in [9.17, 15) is 8.42 Å². The average molecular weight is 383 g/mol. The quantitative estimate of drug-likeness (QED) is 0.792. The van der Waals surface area contributed by atoms with Gasteiger partial charge in [-0.25, -0.2) is 13.4 Å². The van der Waals surface area contributed by atoms with Gasteiger partial charge in [-0.1, -0.05) is 29.8 Å². The molecule has 1 saturated heterocycles. The van der Waals surface area contributed by atoms with E-state index in [0.29, 0.717) is 37.4 Å². The van der Waals surface area contributed by atoms with E-state index in [4.69, 9.17) is 10.00 Å². The van der Waals surface area contributed by atoms with Crippen LogP contribution in [0.1, 0.15) is 29.5 Å². The number of aryl methyl sites for hydroxylation is 1. The van der Waals surface area contributed by atoms with Gasteiger partial charge in [-0.05, 0) is 43.5 Å². The lowest BCUT2D eigenvalue weighted by Gasteiger charge is -2.30. The minimum absolute atomic E-state index is 0.153. The SMILES string of the molecule is Cc1ccc(C=CS(=O)(=O)N2CCC(Oc3ncccc3C#N)CC2)cc1. The van der Waals surface area contributed by atoms with E-state index in [1.165, 1.54) is 9.71 Å². The molecule has 1 fully saturated rings. The van der Waals surface area contributed by atoms with Gasteiger partial charge in [0.05, 0.1) is 0 Å². The molecule has 1 aliphatic rings. The molecule has 0 atom stereocenters. The molecule has 0 spiro atoms. The largest absolute Gasteiger partial charge is 0.473 e. The standard InChI is InChI=1S/C20H21N3O3S/c1-16-4-6-17(7-5-16)10-14-27(24,25)23-12-8-19(9-13-23)26-20-18(15-21)3-2-11-22-20/h2-7,10-11,14,19H,8-9,12-13H2,1H3. The van der Waals surface area contributed by atoms with Crippen molar-refractivity contribution < 1.29 is 13.2 Å². The lowest BCUT2D eigenvalue weighted by atomic mass is 10.1. The number of hydrogen-bond acceptors (Lipinski definition) is 5. The highest BCUT2D eigenvalue weighted by atomic mass is 32.2. The first kappa shape index (κ1) is 19.1. The van der Waals surface area contributed by atoms with Gasteiger partial charge in [0, 0.05) is 24.7 Å². The molecule has 1 aromatic heterocycles. The highest BCUT2D eigenvalue weighted by molar-refractivity contribution is 7.92. The Labute approximate surface area is 159 Å². The fourth-order valence-electron chi connectivity index (χ4n) is 2.86. The molecular formula is C20H21N3O3S. The zero-order chi connectivity index (χ0) is 19.3. The van der Waals surface area contributed by atoms with Gasteiger partial charge in [-0.15, -0.1) is 0 Å². The van der Waals surface area contributed by atoms with Gasteiger partial charge in [0.2, 0.25) is 15.9 Å². The van der Waals surface area contributed by atoms with Gasteiger partial charge in [-0.3, -0.25) is 0 Å². The number of benzene rings is 1. The van der Waals surface area contributed by atoms with Crippen molar-refractivity contribution in [2.45, 2.75) is 25.9 Å². The maximum atomic E-state index is 12.5. The summed E-state index contributed by atoms with van der Waals surface area (Å²) < 4.78 is 32.3. The number of pyridine rings is 1. The summed E-state index contributed by atoms with van der Waals surface area (Å²) in [6, 6.07) is 13.1. The third kappa shape index (κ3) is 4.94. The Morgan fingerprint density at radius 3 is 2.59 bits per heavy atom. The first-order chi connectivity index (χ1) is 13.0. The van der Waals surface area contributed by atoms with Crippen molar-refractivity contribution in [1.29, 1.82) is 5.26 Å². The second-order valence-corrected chi connectivity index (χ2v) is 8.26. The van der Waals surface area contributed by atoms with Crippen LogP contribution in [-0.2, 0) is 10.0 Å². The molecular weight excluding hydrogens is 362 g/mol. The Morgan fingerprint density at radius 1 is 1.22 bits per heavy atom. The van der Waals surface area contributed by atoms with Gasteiger partial charge in [0.25, 0.3) is 0 Å². The minimum Gasteiger partial charge on any atom is -0.473 e. The van der Waals surface area contributed by atoms with Crippen LogP contribution in [0.5, 0.6) is 5.88 Å². The Hall–Kier alpha value is -2.69. The van der Waals surface area contributed by atoms with Crippen LogP contribution in [0.25, 0.3) is 6.08 Å². The summed E-state index contributed by atoms with van der Waals surface area (Å²) in [5, 5.41) is 10.4. The predicted octanol–water partition coefficient (Wildman–Crippen LogP) is 3.11. The zero-order valence-electron chi connectivity index (χ0n) is 15.1. The van der Waals surface area contributed by atoms with Crippen LogP contribution in [0.3, 0.4) is 0 Å². The molecule has 0 saturated carbocycles. The smallest absolute Gasteiger partial charge is 0.236 e. The van der Waals surface area contributed by atoms with Gasteiger partial charge >= 0.3 is 0 Å². The van der Waals surface area contributed by atoms with Crippen LogP contribution < -0.4 is 4.74 Å². The highest BCUT2D eigenvalue weighted by Crippen LogP contribution is 2.22. The van der Waals surface area contributed by atoms with Crippen LogP contribution in [0.15, 0.2) is 48.0 Å². The number of piperidine rings is 1. The number of nitrogens with zero attached hydrogens (tertiary/aromatic N) is 3. The van der Waals surface area contributed by atoms with Crippen molar-refractivity contribution in [2.24, 2.45) is 0 Å². The molecule has 1 aliphatic heterocycles. The Balaban J connectivity index is 1.59.